The summed E-state index contributed by atoms with van der Waals surface area (Å²) in [5.41, 5.74) is 1.60. The maximum atomic E-state index is 11.7. The van der Waals surface area contributed by atoms with Crippen LogP contribution in [0.3, 0.4) is 0 Å². The number of hydrogen-bond acceptors (Lipinski definition) is 5. The van der Waals surface area contributed by atoms with Gasteiger partial charge < -0.3 is 18.9 Å². The minimum atomic E-state index is -4.27. The number of aryl methyl sites for hydroxylation is 1. The van der Waals surface area contributed by atoms with Gasteiger partial charge in [0.1, 0.15) is 22.3 Å². The normalized spacial score (nSPS) is 46.0. The van der Waals surface area contributed by atoms with Crippen LogP contribution in [0.15, 0.2) is 29.2 Å². The predicted molar refractivity (Wildman–Crippen MR) is 150 cm³/mol. The monoisotopic (exact) mass is 559 g/mol. The molecule has 39 heavy (non-hydrogen) atoms. The largest absolute Gasteiger partial charge is 0.744 e. The minimum Gasteiger partial charge on any atom is -0.744 e. The molecule has 1 N–H and O–H groups in total. The maximum absolute atomic E-state index is 11.7. The van der Waals surface area contributed by atoms with E-state index in [1.807, 2.05) is 6.92 Å². The van der Waals surface area contributed by atoms with Gasteiger partial charge >= 0.3 is 0 Å². The van der Waals surface area contributed by atoms with E-state index in [-0.39, 0.29) is 16.4 Å². The quantitative estimate of drug-likeness (QED) is 0.303. The van der Waals surface area contributed by atoms with E-state index in [1.54, 1.807) is 12.1 Å². The van der Waals surface area contributed by atoms with Crippen molar-refractivity contribution in [3.8, 4) is 0 Å². The summed E-state index contributed by atoms with van der Waals surface area (Å²) in [6.07, 6.45) is 14.6. The Hall–Kier alpha value is -0.990. The predicted octanol–water partition coefficient (Wildman–Crippen LogP) is 5.28. The molecule has 7 heteroatoms. The third kappa shape index (κ3) is 4.82. The minimum absolute atomic E-state index is 0.0884. The molecule has 6 aliphatic rings. The summed E-state index contributed by atoms with van der Waals surface area (Å²) in [6.45, 7) is 9.51. The van der Waals surface area contributed by atoms with E-state index < -0.39 is 10.1 Å². The summed E-state index contributed by atoms with van der Waals surface area (Å²) < 4.78 is 38.3. The number of epoxide rings is 1. The number of piperidine rings is 1. The molecule has 0 spiro atoms. The van der Waals surface area contributed by atoms with E-state index >= 15 is 0 Å². The molecule has 0 amide bonds. The highest BCUT2D eigenvalue weighted by atomic mass is 32.2. The number of likely N-dealkylation sites (tertiary alicyclic amines) is 1. The Morgan fingerprint density at radius 1 is 0.949 bits per heavy atom. The van der Waals surface area contributed by atoms with Crippen LogP contribution in [0.5, 0.6) is 0 Å². The summed E-state index contributed by atoms with van der Waals surface area (Å²) in [5.74, 6) is 3.38. The Morgan fingerprint density at radius 2 is 1.64 bits per heavy atom. The van der Waals surface area contributed by atoms with Gasteiger partial charge in [0, 0.05) is 11.8 Å². The molecule has 6 nitrogen and oxygen atoms in total. The van der Waals surface area contributed by atoms with Crippen molar-refractivity contribution < 1.29 is 27.3 Å². The second kappa shape index (κ2) is 9.79. The van der Waals surface area contributed by atoms with Crippen LogP contribution in [0.25, 0.3) is 0 Å². The van der Waals surface area contributed by atoms with Crippen molar-refractivity contribution in [3.63, 3.8) is 0 Å². The fourth-order valence-electron chi connectivity index (χ4n) is 10.4. The van der Waals surface area contributed by atoms with Crippen LogP contribution in [0, 0.1) is 41.4 Å². The Bertz CT molecular complexity index is 1160. The Morgan fingerprint density at radius 3 is 2.31 bits per heavy atom. The van der Waals surface area contributed by atoms with Crippen molar-refractivity contribution >= 4 is 10.1 Å². The first-order chi connectivity index (χ1) is 18.3. The number of aliphatic hydroxyl groups is 1. The van der Waals surface area contributed by atoms with Crippen molar-refractivity contribution in [2.75, 3.05) is 20.1 Å². The number of hydrogen-bond donors (Lipinski definition) is 1. The molecular formula is C32H49NO5S. The Balaban J connectivity index is 0.000000213. The summed E-state index contributed by atoms with van der Waals surface area (Å²) in [4.78, 5) is -0.178. The molecule has 218 valence electrons. The summed E-state index contributed by atoms with van der Waals surface area (Å²) >= 11 is 0. The van der Waals surface area contributed by atoms with Crippen molar-refractivity contribution in [2.45, 2.75) is 114 Å². The van der Waals surface area contributed by atoms with Gasteiger partial charge in [-0.05, 0) is 106 Å². The molecule has 10 atom stereocenters. The van der Waals surface area contributed by atoms with Crippen LogP contribution in [0.4, 0.5) is 0 Å². The van der Waals surface area contributed by atoms with Gasteiger partial charge in [-0.2, -0.15) is 0 Å². The average Bonchev–Trinajstić information content (AvgIpc) is 3.57. The molecule has 1 aromatic carbocycles. The first-order valence-electron chi connectivity index (χ1n) is 15.6. The fourth-order valence-corrected chi connectivity index (χ4v) is 10.8. The van der Waals surface area contributed by atoms with E-state index in [2.05, 4.69) is 20.9 Å². The van der Waals surface area contributed by atoms with Crippen LogP contribution in [-0.4, -0.2) is 67.1 Å². The first-order valence-corrected chi connectivity index (χ1v) is 17.0. The number of likely N-dealkylation sites (N-methyl/N-ethyl adjacent to an activating group) is 1. The molecule has 0 unspecified atom stereocenters. The van der Waals surface area contributed by atoms with Gasteiger partial charge in [-0.15, -0.1) is 0 Å². The number of quaternary nitrogens is 1. The maximum Gasteiger partial charge on any atom is 0.124 e. The van der Waals surface area contributed by atoms with Gasteiger partial charge in [0.2, 0.25) is 0 Å². The van der Waals surface area contributed by atoms with Crippen LogP contribution in [0.2, 0.25) is 0 Å². The fraction of sp³-hybridized carbons (Fsp3) is 0.812. The number of rotatable bonds is 2. The molecule has 7 rings (SSSR count). The lowest BCUT2D eigenvalue weighted by Gasteiger charge is -2.59. The lowest BCUT2D eigenvalue weighted by atomic mass is 9.45. The molecule has 2 heterocycles. The smallest absolute Gasteiger partial charge is 0.124 e. The first kappa shape index (κ1) is 28.1. The molecular weight excluding hydrogens is 510 g/mol. The van der Waals surface area contributed by atoms with Crippen molar-refractivity contribution in [3.05, 3.63) is 29.8 Å². The van der Waals surface area contributed by atoms with Gasteiger partial charge in [0.15, 0.2) is 0 Å². The lowest BCUT2D eigenvalue weighted by molar-refractivity contribution is -0.940. The van der Waals surface area contributed by atoms with Gasteiger partial charge in [0.25, 0.3) is 0 Å². The van der Waals surface area contributed by atoms with Gasteiger partial charge in [0.05, 0.1) is 37.2 Å². The third-order valence-electron chi connectivity index (χ3n) is 12.8. The van der Waals surface area contributed by atoms with Gasteiger partial charge in [-0.3, -0.25) is 0 Å². The number of fused-ring (bicyclic) bond motifs is 6. The topological polar surface area (TPSA) is 90.0 Å². The highest BCUT2D eigenvalue weighted by Crippen LogP contribution is 2.68. The third-order valence-corrected chi connectivity index (χ3v) is 13.7. The van der Waals surface area contributed by atoms with Crippen molar-refractivity contribution in [1.82, 2.24) is 0 Å². The van der Waals surface area contributed by atoms with E-state index in [9.17, 15) is 18.1 Å². The number of benzene rings is 1. The summed E-state index contributed by atoms with van der Waals surface area (Å²) in [7, 11) is -1.80. The van der Waals surface area contributed by atoms with Crippen LogP contribution in [0.1, 0.15) is 83.6 Å². The second-order valence-electron chi connectivity index (χ2n) is 14.9. The highest BCUT2D eigenvalue weighted by molar-refractivity contribution is 7.85. The Kier molecular flexibility index (Phi) is 7.07. The standard InChI is InChI=1S/C25H42NO2.C7H8O3S/c1-24-10-9-18-17(8-7-16-13-21-22(28-21)15-25(16,18)2)19(24)14-20(23(24)27)26(3)11-5-4-6-12-26;1-6-2-4-7(5-3-6)11(8,9)10/h16-23,27H,4-15H2,1-3H3;2-5H,1H3,(H,8,9,10)/q+1;/p-1/t16-,17+,18-,19-,20-,21-,22+,23+,24-,25-;/m0./s1. The zero-order valence-electron chi connectivity index (χ0n) is 24.3. The van der Waals surface area contributed by atoms with E-state index in [1.165, 1.54) is 89.4 Å². The van der Waals surface area contributed by atoms with E-state index in [4.69, 9.17) is 4.74 Å². The summed E-state index contributed by atoms with van der Waals surface area (Å²) in [6, 6.07) is 6.27. The second-order valence-corrected chi connectivity index (χ2v) is 16.2. The molecule has 0 bridgehead atoms. The average molecular weight is 560 g/mol. The lowest BCUT2D eigenvalue weighted by Crippen LogP contribution is -2.59. The number of nitrogens with zero attached hydrogens (tertiary/aromatic N) is 1. The summed E-state index contributed by atoms with van der Waals surface area (Å²) in [5, 5.41) is 11.7. The zero-order valence-corrected chi connectivity index (χ0v) is 25.2. The van der Waals surface area contributed by atoms with Crippen LogP contribution >= 0.6 is 0 Å². The zero-order chi connectivity index (χ0) is 27.8. The molecule has 2 saturated heterocycles. The van der Waals surface area contributed by atoms with Gasteiger partial charge in [-0.25, -0.2) is 8.42 Å². The number of ether oxygens (including phenoxy) is 1. The molecule has 0 radical (unpaired) electrons. The van der Waals surface area contributed by atoms with E-state index in [0.29, 0.717) is 23.7 Å². The number of aliphatic hydroxyl groups excluding tert-OH is 1. The van der Waals surface area contributed by atoms with Crippen molar-refractivity contribution in [1.29, 1.82) is 0 Å². The van der Waals surface area contributed by atoms with Crippen LogP contribution < -0.4 is 0 Å². The molecule has 1 aromatic rings. The SMILES string of the molecule is C[C@]12C[C@H]3O[C@H]3C[C@@H]1CC[C@@H]1[C@@H]2CC[C@]2(C)[C@H](O)[C@@H]([N+]3(C)CCCCC3)C[C@@H]12.Cc1ccc(S(=O)(=O)[O-])cc1. The van der Waals surface area contributed by atoms with E-state index in [0.717, 1.165) is 33.7 Å². The molecule has 6 fully saturated rings. The molecule has 4 saturated carbocycles. The highest BCUT2D eigenvalue weighted by Gasteiger charge is 2.66. The van der Waals surface area contributed by atoms with Crippen molar-refractivity contribution in [2.24, 2.45) is 34.5 Å². The van der Waals surface area contributed by atoms with Crippen LogP contribution in [-0.2, 0) is 14.9 Å². The molecule has 4 aliphatic carbocycles. The molecule has 0 aromatic heterocycles. The molecule has 2 aliphatic heterocycles. The van der Waals surface area contributed by atoms with Gasteiger partial charge in [-0.1, -0.05) is 31.5 Å². The Labute approximate surface area is 235 Å².